The second-order valence-electron chi connectivity index (χ2n) is 4.20. The summed E-state index contributed by atoms with van der Waals surface area (Å²) in [7, 11) is 1.77. The highest BCUT2D eigenvalue weighted by molar-refractivity contribution is 5.83. The van der Waals surface area contributed by atoms with E-state index in [9.17, 15) is 9.59 Å². The van der Waals surface area contributed by atoms with Gasteiger partial charge in [-0.25, -0.2) is 0 Å². The van der Waals surface area contributed by atoms with E-state index in [2.05, 4.69) is 5.32 Å². The Kier molecular flexibility index (Phi) is 4.12. The molecule has 0 saturated carbocycles. The monoisotopic (exact) mass is 212 g/mol. The highest BCUT2D eigenvalue weighted by Gasteiger charge is 2.28. The van der Waals surface area contributed by atoms with E-state index in [-0.39, 0.29) is 23.8 Å². The van der Waals surface area contributed by atoms with Gasteiger partial charge in [0.2, 0.25) is 11.8 Å². The number of hydrogen-bond donors (Lipinski definition) is 1. The molecule has 1 N–H and O–H groups in total. The van der Waals surface area contributed by atoms with Crippen molar-refractivity contribution in [2.24, 2.45) is 5.92 Å². The van der Waals surface area contributed by atoms with Crippen molar-refractivity contribution in [1.29, 1.82) is 0 Å². The third-order valence-corrected chi connectivity index (χ3v) is 3.04. The third-order valence-electron chi connectivity index (χ3n) is 3.04. The number of likely N-dealkylation sites (N-methyl/N-ethyl adjacent to an activating group) is 1. The molecule has 1 heterocycles. The Labute approximate surface area is 91.0 Å². The Hall–Kier alpha value is -1.06. The summed E-state index contributed by atoms with van der Waals surface area (Å²) >= 11 is 0. The molecule has 1 saturated heterocycles. The van der Waals surface area contributed by atoms with Gasteiger partial charge in [0.25, 0.3) is 0 Å². The molecule has 2 amide bonds. The summed E-state index contributed by atoms with van der Waals surface area (Å²) in [4.78, 5) is 24.6. The third kappa shape index (κ3) is 2.94. The number of carbonyl (C=O) groups excluding carboxylic acids is 2. The molecule has 1 rings (SSSR count). The average molecular weight is 212 g/mol. The van der Waals surface area contributed by atoms with Gasteiger partial charge in [0.05, 0.1) is 6.04 Å². The van der Waals surface area contributed by atoms with E-state index in [1.807, 2.05) is 13.8 Å². The van der Waals surface area contributed by atoms with Crippen LogP contribution in [0.3, 0.4) is 0 Å². The molecule has 4 heteroatoms. The van der Waals surface area contributed by atoms with Crippen LogP contribution in [-0.4, -0.2) is 36.3 Å². The molecule has 0 bridgehead atoms. The van der Waals surface area contributed by atoms with Gasteiger partial charge >= 0.3 is 0 Å². The first-order valence-electron chi connectivity index (χ1n) is 5.62. The number of nitrogens with zero attached hydrogens (tertiary/aromatic N) is 1. The Balaban J connectivity index is 2.42. The summed E-state index contributed by atoms with van der Waals surface area (Å²) in [5.74, 6) is 0.295. The number of hydrogen-bond acceptors (Lipinski definition) is 2. The summed E-state index contributed by atoms with van der Waals surface area (Å²) in [6.45, 7) is 4.67. The highest BCUT2D eigenvalue weighted by atomic mass is 16.2. The van der Waals surface area contributed by atoms with Crippen LogP contribution in [0.5, 0.6) is 0 Å². The zero-order valence-electron chi connectivity index (χ0n) is 9.75. The molecule has 1 aliphatic heterocycles. The summed E-state index contributed by atoms with van der Waals surface area (Å²) in [5.41, 5.74) is 0. The van der Waals surface area contributed by atoms with E-state index in [0.29, 0.717) is 13.0 Å². The molecular formula is C11H20N2O2. The van der Waals surface area contributed by atoms with Crippen LogP contribution in [0.15, 0.2) is 0 Å². The van der Waals surface area contributed by atoms with E-state index < -0.39 is 0 Å². The van der Waals surface area contributed by atoms with E-state index >= 15 is 0 Å². The quantitative estimate of drug-likeness (QED) is 0.748. The van der Waals surface area contributed by atoms with Gasteiger partial charge in [-0.2, -0.15) is 0 Å². The molecule has 0 spiro atoms. The number of carbonyl (C=O) groups is 2. The maximum atomic E-state index is 11.7. The lowest BCUT2D eigenvalue weighted by molar-refractivity contribution is -0.126. The molecule has 0 aromatic heterocycles. The average Bonchev–Trinajstić information content (AvgIpc) is 2.47. The molecule has 0 aromatic carbocycles. The standard InChI is InChI=1S/C11H20N2O2/c1-4-8(5-2)11(15)12-9-6-10(14)13(3)7-9/h8-9H,4-7H2,1-3H3,(H,12,15). The fraction of sp³-hybridized carbons (Fsp3) is 0.818. The van der Waals surface area contributed by atoms with Gasteiger partial charge in [-0.1, -0.05) is 13.8 Å². The smallest absolute Gasteiger partial charge is 0.224 e. The minimum absolute atomic E-state index is 0.00981. The zero-order chi connectivity index (χ0) is 11.4. The van der Waals surface area contributed by atoms with Gasteiger partial charge in [-0.3, -0.25) is 9.59 Å². The van der Waals surface area contributed by atoms with Gasteiger partial charge in [-0.05, 0) is 12.8 Å². The van der Waals surface area contributed by atoms with Crippen molar-refractivity contribution in [1.82, 2.24) is 10.2 Å². The Bertz CT molecular complexity index is 249. The number of likely N-dealkylation sites (tertiary alicyclic amines) is 1. The Morgan fingerprint density at radius 3 is 2.53 bits per heavy atom. The van der Waals surface area contributed by atoms with Gasteiger partial charge in [0.1, 0.15) is 0 Å². The van der Waals surface area contributed by atoms with Crippen molar-refractivity contribution in [2.75, 3.05) is 13.6 Å². The Morgan fingerprint density at radius 2 is 2.13 bits per heavy atom. The second-order valence-corrected chi connectivity index (χ2v) is 4.20. The van der Waals surface area contributed by atoms with Crippen LogP contribution < -0.4 is 5.32 Å². The van der Waals surface area contributed by atoms with Crippen molar-refractivity contribution in [3.63, 3.8) is 0 Å². The summed E-state index contributed by atoms with van der Waals surface area (Å²) in [6.07, 6.45) is 2.17. The van der Waals surface area contributed by atoms with Crippen molar-refractivity contribution < 1.29 is 9.59 Å². The van der Waals surface area contributed by atoms with Gasteiger partial charge in [-0.15, -0.1) is 0 Å². The van der Waals surface area contributed by atoms with Crippen LogP contribution in [-0.2, 0) is 9.59 Å². The normalized spacial score (nSPS) is 21.2. The second kappa shape index (κ2) is 5.14. The van der Waals surface area contributed by atoms with Crippen molar-refractivity contribution >= 4 is 11.8 Å². The molecule has 0 aliphatic carbocycles. The minimum atomic E-state index is 0.00981. The van der Waals surface area contributed by atoms with Crippen LogP contribution in [0.4, 0.5) is 0 Å². The molecule has 4 nitrogen and oxygen atoms in total. The first-order valence-corrected chi connectivity index (χ1v) is 5.62. The SMILES string of the molecule is CCC(CC)C(=O)NC1CC(=O)N(C)C1. The summed E-state index contributed by atoms with van der Waals surface area (Å²) < 4.78 is 0. The van der Waals surface area contributed by atoms with Crippen LogP contribution >= 0.6 is 0 Å². The van der Waals surface area contributed by atoms with Gasteiger partial charge in [0.15, 0.2) is 0 Å². The van der Waals surface area contributed by atoms with Gasteiger partial charge < -0.3 is 10.2 Å². The van der Waals surface area contributed by atoms with Crippen molar-refractivity contribution in [3.8, 4) is 0 Å². The molecule has 0 radical (unpaired) electrons. The van der Waals surface area contributed by atoms with Crippen molar-refractivity contribution in [2.45, 2.75) is 39.2 Å². The van der Waals surface area contributed by atoms with E-state index in [1.165, 1.54) is 0 Å². The number of rotatable bonds is 4. The first kappa shape index (κ1) is 12.0. The maximum Gasteiger partial charge on any atom is 0.224 e. The largest absolute Gasteiger partial charge is 0.351 e. The fourth-order valence-corrected chi connectivity index (χ4v) is 1.94. The molecular weight excluding hydrogens is 192 g/mol. The lowest BCUT2D eigenvalue weighted by Gasteiger charge is -2.17. The minimum Gasteiger partial charge on any atom is -0.351 e. The Morgan fingerprint density at radius 1 is 1.53 bits per heavy atom. The van der Waals surface area contributed by atoms with Crippen LogP contribution in [0.25, 0.3) is 0 Å². The van der Waals surface area contributed by atoms with Crippen LogP contribution in [0, 0.1) is 5.92 Å². The molecule has 1 unspecified atom stereocenters. The van der Waals surface area contributed by atoms with Crippen molar-refractivity contribution in [3.05, 3.63) is 0 Å². The predicted molar refractivity (Wildman–Crippen MR) is 58.3 cm³/mol. The topological polar surface area (TPSA) is 49.4 Å². The molecule has 1 aliphatic rings. The van der Waals surface area contributed by atoms with Crippen LogP contribution in [0.2, 0.25) is 0 Å². The van der Waals surface area contributed by atoms with Crippen LogP contribution in [0.1, 0.15) is 33.1 Å². The summed E-state index contributed by atoms with van der Waals surface area (Å²) in [6, 6.07) is 0.00981. The fourth-order valence-electron chi connectivity index (χ4n) is 1.94. The molecule has 15 heavy (non-hydrogen) atoms. The van der Waals surface area contributed by atoms with E-state index in [4.69, 9.17) is 0 Å². The lowest BCUT2D eigenvalue weighted by Crippen LogP contribution is -2.39. The lowest BCUT2D eigenvalue weighted by atomic mass is 10.0. The summed E-state index contributed by atoms with van der Waals surface area (Å²) in [5, 5.41) is 2.94. The highest BCUT2D eigenvalue weighted by Crippen LogP contribution is 2.12. The molecule has 1 fully saturated rings. The number of amides is 2. The molecule has 0 aromatic rings. The van der Waals surface area contributed by atoms with Gasteiger partial charge in [0, 0.05) is 25.9 Å². The predicted octanol–water partition coefficient (Wildman–Crippen LogP) is 0.769. The maximum absolute atomic E-state index is 11.7. The molecule has 1 atom stereocenters. The first-order chi connectivity index (χ1) is 7.08. The molecule has 86 valence electrons. The number of nitrogens with one attached hydrogen (secondary N) is 1. The van der Waals surface area contributed by atoms with E-state index in [0.717, 1.165) is 12.8 Å². The van der Waals surface area contributed by atoms with E-state index in [1.54, 1.807) is 11.9 Å². The zero-order valence-corrected chi connectivity index (χ0v) is 9.75.